The second-order valence-electron chi connectivity index (χ2n) is 10.3. The smallest absolute Gasteiger partial charge is 0.220 e. The van der Waals surface area contributed by atoms with E-state index in [4.69, 9.17) is 15.4 Å². The standard InChI is InChI=1S/C33H58N2O5/c1-2-3-4-5-6-7-8-9-10-11-12-13-14-15-16-17-18-19-20-21-22-23-24-33(37)35-26-28-39-30-29-38-27-25-32(36)31-40-34/h2-12,17-31,34H2,1H3,(H,35,37). The second kappa shape index (κ2) is 33.3. The molecule has 3 N–H and O–H groups in total. The maximum atomic E-state index is 11.9. The van der Waals surface area contributed by atoms with Crippen LogP contribution < -0.4 is 11.2 Å². The number of unbranched alkanes of at least 4 members (excludes halogenated alkanes) is 16. The Morgan fingerprint density at radius 1 is 0.625 bits per heavy atom. The van der Waals surface area contributed by atoms with Crippen molar-refractivity contribution in [2.45, 2.75) is 135 Å². The van der Waals surface area contributed by atoms with Crippen molar-refractivity contribution in [3.05, 3.63) is 0 Å². The summed E-state index contributed by atoms with van der Waals surface area (Å²) >= 11 is 0. The van der Waals surface area contributed by atoms with Crippen molar-refractivity contribution in [1.82, 2.24) is 5.32 Å². The van der Waals surface area contributed by atoms with Crippen LogP contribution in [0.3, 0.4) is 0 Å². The first-order valence-electron chi connectivity index (χ1n) is 15.9. The summed E-state index contributed by atoms with van der Waals surface area (Å²) in [6, 6.07) is 0. The van der Waals surface area contributed by atoms with E-state index in [1.165, 1.54) is 77.0 Å². The molecule has 0 bridgehead atoms. The van der Waals surface area contributed by atoms with Crippen molar-refractivity contribution in [2.24, 2.45) is 5.90 Å². The quantitative estimate of drug-likeness (QED) is 0.0620. The molecule has 40 heavy (non-hydrogen) atoms. The van der Waals surface area contributed by atoms with Crippen LogP contribution in [-0.4, -0.2) is 51.3 Å². The van der Waals surface area contributed by atoms with Gasteiger partial charge in [-0.15, -0.1) is 0 Å². The largest absolute Gasteiger partial charge is 0.379 e. The average Bonchev–Trinajstić information content (AvgIpc) is 2.95. The minimum absolute atomic E-state index is 0.0741. The lowest BCUT2D eigenvalue weighted by molar-refractivity contribution is -0.125. The Hall–Kier alpha value is -1.90. The third-order valence-corrected chi connectivity index (χ3v) is 6.56. The van der Waals surface area contributed by atoms with Crippen molar-refractivity contribution in [3.8, 4) is 23.7 Å². The van der Waals surface area contributed by atoms with E-state index in [0.717, 1.165) is 38.5 Å². The van der Waals surface area contributed by atoms with Gasteiger partial charge in [-0.05, 0) is 31.1 Å². The highest BCUT2D eigenvalue weighted by atomic mass is 16.6. The van der Waals surface area contributed by atoms with Gasteiger partial charge < -0.3 is 14.8 Å². The van der Waals surface area contributed by atoms with Crippen molar-refractivity contribution >= 4 is 11.7 Å². The second-order valence-corrected chi connectivity index (χ2v) is 10.3. The third kappa shape index (κ3) is 32.3. The van der Waals surface area contributed by atoms with E-state index < -0.39 is 0 Å². The predicted molar refractivity (Wildman–Crippen MR) is 163 cm³/mol. The minimum atomic E-state index is -0.0951. The molecule has 0 aromatic rings. The molecule has 0 unspecified atom stereocenters. The molecule has 0 rings (SSSR count). The predicted octanol–water partition coefficient (Wildman–Crippen LogP) is 6.42. The Morgan fingerprint density at radius 3 is 1.68 bits per heavy atom. The van der Waals surface area contributed by atoms with Crippen LogP contribution in [0.25, 0.3) is 0 Å². The van der Waals surface area contributed by atoms with E-state index >= 15 is 0 Å². The summed E-state index contributed by atoms with van der Waals surface area (Å²) in [5.74, 6) is 17.2. The first-order chi connectivity index (χ1) is 19.7. The van der Waals surface area contributed by atoms with Gasteiger partial charge >= 0.3 is 0 Å². The summed E-state index contributed by atoms with van der Waals surface area (Å²) in [7, 11) is 0. The fourth-order valence-corrected chi connectivity index (χ4v) is 4.14. The Labute approximate surface area is 245 Å². The molecule has 1 amide bonds. The van der Waals surface area contributed by atoms with Gasteiger partial charge in [0.1, 0.15) is 6.61 Å². The van der Waals surface area contributed by atoms with Gasteiger partial charge in [-0.1, -0.05) is 102 Å². The van der Waals surface area contributed by atoms with E-state index in [0.29, 0.717) is 39.4 Å². The molecular formula is C33H58N2O5. The highest BCUT2D eigenvalue weighted by molar-refractivity contribution is 5.79. The van der Waals surface area contributed by atoms with Crippen LogP contribution in [0, 0.1) is 23.7 Å². The fraction of sp³-hybridized carbons (Fsp3) is 0.818. The van der Waals surface area contributed by atoms with Crippen molar-refractivity contribution in [1.29, 1.82) is 0 Å². The summed E-state index contributed by atoms with van der Waals surface area (Å²) in [5, 5.41) is 2.88. The van der Waals surface area contributed by atoms with Crippen LogP contribution in [0.5, 0.6) is 0 Å². The van der Waals surface area contributed by atoms with Crippen molar-refractivity contribution in [2.75, 3.05) is 39.6 Å². The van der Waals surface area contributed by atoms with Crippen molar-refractivity contribution in [3.63, 3.8) is 0 Å². The normalized spacial score (nSPS) is 10.4. The van der Waals surface area contributed by atoms with E-state index in [1.54, 1.807) is 0 Å². The molecule has 7 heteroatoms. The number of amides is 1. The molecule has 0 spiro atoms. The first-order valence-corrected chi connectivity index (χ1v) is 15.9. The Balaban J connectivity index is 3.32. The number of nitrogens with two attached hydrogens (primary N) is 1. The number of hydrogen-bond acceptors (Lipinski definition) is 6. The van der Waals surface area contributed by atoms with Gasteiger partial charge in [0.15, 0.2) is 5.78 Å². The molecule has 0 aliphatic rings. The monoisotopic (exact) mass is 562 g/mol. The lowest BCUT2D eigenvalue weighted by Crippen LogP contribution is -2.27. The van der Waals surface area contributed by atoms with Gasteiger partial charge in [0.05, 0.1) is 26.4 Å². The van der Waals surface area contributed by atoms with Crippen LogP contribution in [0.4, 0.5) is 0 Å². The maximum Gasteiger partial charge on any atom is 0.220 e. The summed E-state index contributed by atoms with van der Waals surface area (Å²) in [6.45, 7) is 4.28. The highest BCUT2D eigenvalue weighted by Crippen LogP contribution is 2.11. The summed E-state index contributed by atoms with van der Waals surface area (Å²) in [6.07, 6.45) is 23.0. The van der Waals surface area contributed by atoms with Gasteiger partial charge in [0.2, 0.25) is 5.91 Å². The highest BCUT2D eigenvalue weighted by Gasteiger charge is 2.02. The summed E-state index contributed by atoms with van der Waals surface area (Å²) < 4.78 is 10.7. The van der Waals surface area contributed by atoms with E-state index in [2.05, 4.69) is 40.8 Å². The number of Topliss-reactive ketones (excluding diaryl/α,β-unsaturated/α-hetero) is 1. The van der Waals surface area contributed by atoms with E-state index in [-0.39, 0.29) is 24.7 Å². The number of rotatable bonds is 29. The SMILES string of the molecule is CCCCCCCCCCCCC#CC#CCCCCCCCCC(=O)NCCOCCOCCC(=O)CON. The molecular weight excluding hydrogens is 504 g/mol. The van der Waals surface area contributed by atoms with E-state index in [1.807, 2.05) is 0 Å². The average molecular weight is 563 g/mol. The molecule has 0 saturated carbocycles. The molecule has 0 aliphatic heterocycles. The molecule has 0 aliphatic carbocycles. The number of ketones is 1. The molecule has 230 valence electrons. The molecule has 0 atom stereocenters. The van der Waals surface area contributed by atoms with Crippen LogP contribution in [0.2, 0.25) is 0 Å². The number of carbonyl (C=O) groups excluding carboxylic acids is 2. The number of nitrogens with one attached hydrogen (secondary N) is 1. The zero-order valence-electron chi connectivity index (χ0n) is 25.5. The molecule has 0 aromatic carbocycles. The summed E-state index contributed by atoms with van der Waals surface area (Å²) in [4.78, 5) is 27.3. The zero-order chi connectivity index (χ0) is 29.2. The molecule has 0 aromatic heterocycles. The lowest BCUT2D eigenvalue weighted by atomic mass is 10.1. The molecule has 0 radical (unpaired) electrons. The van der Waals surface area contributed by atoms with Gasteiger partial charge in [0, 0.05) is 32.2 Å². The van der Waals surface area contributed by atoms with Crippen molar-refractivity contribution < 1.29 is 23.9 Å². The van der Waals surface area contributed by atoms with Gasteiger partial charge in [-0.3, -0.25) is 14.4 Å². The Morgan fingerprint density at radius 2 is 1.12 bits per heavy atom. The minimum Gasteiger partial charge on any atom is -0.379 e. The Kier molecular flexibility index (Phi) is 31.7. The van der Waals surface area contributed by atoms with Crippen LogP contribution in [0.1, 0.15) is 135 Å². The summed E-state index contributed by atoms with van der Waals surface area (Å²) in [5.41, 5.74) is 0. The van der Waals surface area contributed by atoms with Crippen LogP contribution in [-0.2, 0) is 23.9 Å². The van der Waals surface area contributed by atoms with Gasteiger partial charge in [-0.25, -0.2) is 5.90 Å². The fourth-order valence-electron chi connectivity index (χ4n) is 4.14. The number of hydrogen-bond donors (Lipinski definition) is 2. The van der Waals surface area contributed by atoms with E-state index in [9.17, 15) is 9.59 Å². The number of carbonyl (C=O) groups is 2. The maximum absolute atomic E-state index is 11.9. The molecule has 0 heterocycles. The van der Waals surface area contributed by atoms with Gasteiger partial charge in [0.25, 0.3) is 0 Å². The first kappa shape index (κ1) is 38.1. The number of ether oxygens (including phenoxy) is 2. The molecule has 7 nitrogen and oxygen atoms in total. The van der Waals surface area contributed by atoms with Gasteiger partial charge in [-0.2, -0.15) is 0 Å². The molecule has 0 saturated heterocycles. The lowest BCUT2D eigenvalue weighted by Gasteiger charge is -2.07. The molecule has 0 fully saturated rings. The topological polar surface area (TPSA) is 99.9 Å². The Bertz CT molecular complexity index is 705. The third-order valence-electron chi connectivity index (χ3n) is 6.56. The zero-order valence-corrected chi connectivity index (χ0v) is 25.5. The van der Waals surface area contributed by atoms with Crippen LogP contribution in [0.15, 0.2) is 0 Å². The van der Waals surface area contributed by atoms with Crippen LogP contribution >= 0.6 is 0 Å².